The van der Waals surface area contributed by atoms with E-state index in [1.165, 1.54) is 5.56 Å². The fraction of sp³-hybridized carbons (Fsp3) is 0.500. The molecule has 0 spiro atoms. The minimum Gasteiger partial charge on any atom is -0.409 e. The predicted octanol–water partition coefficient (Wildman–Crippen LogP) is 2.27. The Labute approximate surface area is 124 Å². The van der Waals surface area contributed by atoms with Gasteiger partial charge in [-0.25, -0.2) is 0 Å². The minimum atomic E-state index is -0.820. The van der Waals surface area contributed by atoms with Gasteiger partial charge in [0, 0.05) is 12.2 Å². The molecule has 1 saturated carbocycles. The Bertz CT molecular complexity index is 577. The molecular formula is C16H21N3O2. The molecule has 3 rings (SSSR count). The molecule has 1 aliphatic carbocycles. The SMILES string of the molecule is NC(=NO)C1(C(=O)N2CCCc3ccccc32)CCCC1. The van der Waals surface area contributed by atoms with Gasteiger partial charge in [-0.1, -0.05) is 36.2 Å². The highest BCUT2D eigenvalue weighted by molar-refractivity contribution is 6.13. The van der Waals surface area contributed by atoms with Crippen LogP contribution in [0.5, 0.6) is 0 Å². The van der Waals surface area contributed by atoms with Gasteiger partial charge in [0.2, 0.25) is 5.91 Å². The van der Waals surface area contributed by atoms with Crippen LogP contribution in [-0.4, -0.2) is 23.5 Å². The van der Waals surface area contributed by atoms with Crippen LogP contribution in [0.15, 0.2) is 29.4 Å². The lowest BCUT2D eigenvalue weighted by Gasteiger charge is -2.36. The number of carbonyl (C=O) groups is 1. The monoisotopic (exact) mass is 287 g/mol. The summed E-state index contributed by atoms with van der Waals surface area (Å²) in [5.74, 6) is 0.0514. The molecule has 21 heavy (non-hydrogen) atoms. The lowest BCUT2D eigenvalue weighted by molar-refractivity contribution is -0.124. The molecule has 5 nitrogen and oxygen atoms in total. The van der Waals surface area contributed by atoms with Crippen LogP contribution >= 0.6 is 0 Å². The first-order valence-corrected chi connectivity index (χ1v) is 7.57. The Hall–Kier alpha value is -2.04. The number of anilines is 1. The summed E-state index contributed by atoms with van der Waals surface area (Å²) in [6.45, 7) is 0.705. The molecule has 3 N–H and O–H groups in total. The van der Waals surface area contributed by atoms with Crippen molar-refractivity contribution in [3.05, 3.63) is 29.8 Å². The van der Waals surface area contributed by atoms with Crippen molar-refractivity contribution in [2.75, 3.05) is 11.4 Å². The molecule has 0 unspecified atom stereocenters. The Morgan fingerprint density at radius 2 is 1.95 bits per heavy atom. The molecule has 0 bridgehead atoms. The van der Waals surface area contributed by atoms with Gasteiger partial charge in [-0.3, -0.25) is 4.79 Å². The first-order chi connectivity index (χ1) is 10.2. The maximum Gasteiger partial charge on any atom is 0.240 e. The van der Waals surface area contributed by atoms with Gasteiger partial charge in [0.25, 0.3) is 0 Å². The van der Waals surface area contributed by atoms with Crippen molar-refractivity contribution in [2.45, 2.75) is 38.5 Å². The van der Waals surface area contributed by atoms with E-state index in [1.807, 2.05) is 23.1 Å². The van der Waals surface area contributed by atoms with Gasteiger partial charge >= 0.3 is 0 Å². The van der Waals surface area contributed by atoms with Gasteiger partial charge in [0.15, 0.2) is 5.84 Å². The summed E-state index contributed by atoms with van der Waals surface area (Å²) in [7, 11) is 0. The normalized spacial score (nSPS) is 21.1. The number of aryl methyl sites for hydroxylation is 1. The third kappa shape index (κ3) is 2.17. The summed E-state index contributed by atoms with van der Waals surface area (Å²) >= 11 is 0. The third-order valence-corrected chi connectivity index (χ3v) is 4.82. The number of amidine groups is 1. The lowest BCUT2D eigenvalue weighted by atomic mass is 9.82. The zero-order valence-corrected chi connectivity index (χ0v) is 12.1. The van der Waals surface area contributed by atoms with Crippen molar-refractivity contribution >= 4 is 17.4 Å². The molecule has 0 aromatic heterocycles. The minimum absolute atomic E-state index is 0.0116. The second-order valence-electron chi connectivity index (χ2n) is 5.96. The maximum absolute atomic E-state index is 13.1. The van der Waals surface area contributed by atoms with Crippen molar-refractivity contribution in [1.29, 1.82) is 0 Å². The molecule has 0 saturated heterocycles. The number of fused-ring (bicyclic) bond motifs is 1. The maximum atomic E-state index is 13.1. The van der Waals surface area contributed by atoms with E-state index < -0.39 is 5.41 Å². The van der Waals surface area contributed by atoms with Crippen LogP contribution in [0.25, 0.3) is 0 Å². The van der Waals surface area contributed by atoms with Crippen molar-refractivity contribution in [1.82, 2.24) is 0 Å². The Morgan fingerprint density at radius 1 is 1.24 bits per heavy atom. The van der Waals surface area contributed by atoms with E-state index in [1.54, 1.807) is 0 Å². The molecule has 1 aromatic rings. The van der Waals surface area contributed by atoms with E-state index >= 15 is 0 Å². The number of benzene rings is 1. The average Bonchev–Trinajstić information content (AvgIpc) is 3.03. The molecule has 1 heterocycles. The molecule has 0 radical (unpaired) electrons. The molecule has 1 amide bonds. The fourth-order valence-corrected chi connectivity index (χ4v) is 3.66. The topological polar surface area (TPSA) is 78.9 Å². The van der Waals surface area contributed by atoms with Gasteiger partial charge in [0.1, 0.15) is 5.41 Å². The number of nitrogens with two attached hydrogens (primary N) is 1. The van der Waals surface area contributed by atoms with Crippen LogP contribution in [0.4, 0.5) is 5.69 Å². The summed E-state index contributed by atoms with van der Waals surface area (Å²) in [5.41, 5.74) is 7.25. The van der Waals surface area contributed by atoms with Gasteiger partial charge in [-0.2, -0.15) is 0 Å². The smallest absolute Gasteiger partial charge is 0.240 e. The summed E-state index contributed by atoms with van der Waals surface area (Å²) in [4.78, 5) is 15.0. The van der Waals surface area contributed by atoms with Crippen molar-refractivity contribution < 1.29 is 10.0 Å². The van der Waals surface area contributed by atoms with Gasteiger partial charge in [0.05, 0.1) is 0 Å². The first kappa shape index (κ1) is 13.9. The van der Waals surface area contributed by atoms with Crippen LogP contribution in [0.2, 0.25) is 0 Å². The number of nitrogens with zero attached hydrogens (tertiary/aromatic N) is 2. The van der Waals surface area contributed by atoms with Gasteiger partial charge in [-0.05, 0) is 37.3 Å². The van der Waals surface area contributed by atoms with Crippen LogP contribution < -0.4 is 10.6 Å². The molecule has 5 heteroatoms. The van der Waals surface area contributed by atoms with E-state index in [4.69, 9.17) is 10.9 Å². The molecule has 0 atom stereocenters. The Morgan fingerprint density at radius 3 is 2.67 bits per heavy atom. The molecule has 1 fully saturated rings. The Kier molecular flexibility index (Phi) is 3.57. The highest BCUT2D eigenvalue weighted by Crippen LogP contribution is 2.42. The van der Waals surface area contributed by atoms with E-state index in [-0.39, 0.29) is 11.7 Å². The van der Waals surface area contributed by atoms with Crippen LogP contribution in [0, 0.1) is 5.41 Å². The highest BCUT2D eigenvalue weighted by Gasteiger charge is 2.48. The summed E-state index contributed by atoms with van der Waals surface area (Å²) in [6.07, 6.45) is 5.17. The predicted molar refractivity (Wildman–Crippen MR) is 81.4 cm³/mol. The number of hydrogen-bond acceptors (Lipinski definition) is 3. The number of hydrogen-bond donors (Lipinski definition) is 2. The second-order valence-corrected chi connectivity index (χ2v) is 5.96. The lowest BCUT2D eigenvalue weighted by Crippen LogP contribution is -2.51. The zero-order valence-electron chi connectivity index (χ0n) is 12.1. The van der Waals surface area contributed by atoms with Crippen molar-refractivity contribution in [3.8, 4) is 0 Å². The molecule has 112 valence electrons. The van der Waals surface area contributed by atoms with Crippen molar-refractivity contribution in [3.63, 3.8) is 0 Å². The summed E-state index contributed by atoms with van der Waals surface area (Å²) < 4.78 is 0. The summed E-state index contributed by atoms with van der Waals surface area (Å²) in [5, 5.41) is 12.3. The van der Waals surface area contributed by atoms with E-state index in [0.29, 0.717) is 19.4 Å². The van der Waals surface area contributed by atoms with E-state index in [2.05, 4.69) is 11.2 Å². The third-order valence-electron chi connectivity index (χ3n) is 4.82. The quantitative estimate of drug-likeness (QED) is 0.379. The zero-order chi connectivity index (χ0) is 14.9. The number of para-hydroxylation sites is 1. The fourth-order valence-electron chi connectivity index (χ4n) is 3.66. The van der Waals surface area contributed by atoms with Crippen LogP contribution in [0.1, 0.15) is 37.7 Å². The summed E-state index contributed by atoms with van der Waals surface area (Å²) in [6, 6.07) is 8.01. The van der Waals surface area contributed by atoms with Crippen molar-refractivity contribution in [2.24, 2.45) is 16.3 Å². The van der Waals surface area contributed by atoms with E-state index in [9.17, 15) is 4.79 Å². The largest absolute Gasteiger partial charge is 0.409 e. The number of carbonyl (C=O) groups excluding carboxylic acids is 1. The van der Waals surface area contributed by atoms with E-state index in [0.717, 1.165) is 31.4 Å². The second kappa shape index (κ2) is 5.39. The average molecular weight is 287 g/mol. The number of oxime groups is 1. The Balaban J connectivity index is 1.99. The number of amides is 1. The number of rotatable bonds is 2. The van der Waals surface area contributed by atoms with Crippen LogP contribution in [-0.2, 0) is 11.2 Å². The highest BCUT2D eigenvalue weighted by atomic mass is 16.4. The molecule has 1 aromatic carbocycles. The van der Waals surface area contributed by atoms with Crippen LogP contribution in [0.3, 0.4) is 0 Å². The first-order valence-electron chi connectivity index (χ1n) is 7.57. The molecule has 2 aliphatic rings. The standard InChI is InChI=1S/C16H21N3O2/c17-14(18-21)16(9-3-4-10-16)15(20)19-11-5-7-12-6-1-2-8-13(12)19/h1-2,6,8,21H,3-5,7,9-11H2,(H2,17,18). The molecule has 1 aliphatic heterocycles. The van der Waals surface area contributed by atoms with Gasteiger partial charge < -0.3 is 15.8 Å². The molecular weight excluding hydrogens is 266 g/mol. The van der Waals surface area contributed by atoms with Gasteiger partial charge in [-0.15, -0.1) is 0 Å².